The van der Waals surface area contributed by atoms with E-state index >= 15 is 0 Å². The molecular weight excluding hydrogens is 1170 g/mol. The maximum Gasteiger partial charge on any atom is 0.384 e. The Morgan fingerprint density at radius 3 is 0.523 bits per heavy atom. The average Bonchev–Trinajstić information content (AvgIpc) is 0.835. The molecule has 8 bridgehead atoms. The van der Waals surface area contributed by atoms with Crippen molar-refractivity contribution in [3.8, 4) is 46.0 Å². The molecule has 88 heavy (non-hydrogen) atoms. The molecule has 0 radical (unpaired) electrons. The number of benzene rings is 4. The minimum absolute atomic E-state index is 0.0464. The number of rotatable bonds is 36. The summed E-state index contributed by atoms with van der Waals surface area (Å²) in [6.45, 7) is 9.24. The molecule has 12 nitrogen and oxygen atoms in total. The number of nitrogens with zero attached hydrogens (tertiary/aromatic N) is 4. The predicted octanol–water partition coefficient (Wildman–Crippen LogP) is 23.3. The van der Waals surface area contributed by atoms with Gasteiger partial charge in [0.05, 0.1) is 0 Å². The standard InChI is InChI=1S/C72H112N4O8P4/c1-13-17-21-25-29-33-37-41-53-57-45-59-54(42-38-34-30-26-22-18-14-2)61-47-63-56(44-40-36-32-28-24-20-16-4)64-48-62-55(43-39-35-31-27-23-19-15-3)60-46-58(53)66-50-68(60)80-87(75(9)10)82-70(62)52-72(64)84-88(76(11)12)83-71(63)51-69(61)81-86(74(7)8)79-67(59)49-65(57)77-85(78-66)73(5)6/h45-56H,13-44H2,1-12H3. The Morgan fingerprint density at radius 1 is 0.227 bits per heavy atom. The van der Waals surface area contributed by atoms with Crippen LogP contribution in [0.4, 0.5) is 0 Å². The highest BCUT2D eigenvalue weighted by Gasteiger charge is 2.42. The van der Waals surface area contributed by atoms with Crippen molar-refractivity contribution < 1.29 is 36.2 Å². The van der Waals surface area contributed by atoms with Crippen molar-refractivity contribution in [2.75, 3.05) is 56.4 Å². The quantitative estimate of drug-likeness (QED) is 0.0321. The second-order valence-corrected chi connectivity index (χ2v) is 33.2. The minimum atomic E-state index is -1.64. The van der Waals surface area contributed by atoms with Gasteiger partial charge in [-0.3, -0.25) is 0 Å². The van der Waals surface area contributed by atoms with Gasteiger partial charge in [-0.2, -0.15) is 0 Å². The molecular formula is C72H112N4O8P4. The fourth-order valence-electron chi connectivity index (χ4n) is 13.7. The molecule has 0 fully saturated rings. The lowest BCUT2D eigenvalue weighted by molar-refractivity contribution is 0.382. The van der Waals surface area contributed by atoms with Gasteiger partial charge >= 0.3 is 34.1 Å². The summed E-state index contributed by atoms with van der Waals surface area (Å²) in [7, 11) is 10.0. The van der Waals surface area contributed by atoms with E-state index < -0.39 is 34.1 Å². The van der Waals surface area contributed by atoms with Gasteiger partial charge in [0, 0.05) is 92.4 Å². The molecule has 0 atom stereocenters. The van der Waals surface area contributed by atoms with E-state index in [1.54, 1.807) is 0 Å². The van der Waals surface area contributed by atoms with Crippen molar-refractivity contribution in [2.24, 2.45) is 0 Å². The number of hydrogen-bond donors (Lipinski definition) is 0. The lowest BCUT2D eigenvalue weighted by atomic mass is 9.76. The Morgan fingerprint density at radius 2 is 0.375 bits per heavy atom. The molecule has 16 heteroatoms. The van der Waals surface area contributed by atoms with Crippen LogP contribution in [0, 0.1) is 0 Å². The van der Waals surface area contributed by atoms with Gasteiger partial charge in [-0.25, -0.2) is 18.7 Å². The Labute approximate surface area is 538 Å². The largest absolute Gasteiger partial charge is 0.427 e. The van der Waals surface area contributed by atoms with Crippen LogP contribution in [0.25, 0.3) is 0 Å². The van der Waals surface area contributed by atoms with Gasteiger partial charge < -0.3 is 36.2 Å². The average molecular weight is 1290 g/mol. The van der Waals surface area contributed by atoms with Crippen molar-refractivity contribution in [3.05, 3.63) is 93.0 Å². The smallest absolute Gasteiger partial charge is 0.384 e. The molecule has 4 heterocycles. The first kappa shape index (κ1) is 69.2. The zero-order chi connectivity index (χ0) is 62.1. The SMILES string of the molecule is CCCCCCCCCC1c2cc3c4cc2OP(N(C)C)Oc2cc5c(cc21)C(CCCCCCCCC)c1cc2c(cc1OP(N(C)C)O5)OP(N(C)C)Oc1cc(c(cc1C2CCCCCCCCC)C3CCCCCCCCC)OP(N(C)C)O4. The molecule has 0 saturated carbocycles. The first-order chi connectivity index (χ1) is 42.8. The molecule has 488 valence electrons. The molecule has 0 N–H and O–H groups in total. The van der Waals surface area contributed by atoms with Crippen LogP contribution in [0.1, 0.15) is 301 Å². The van der Waals surface area contributed by atoms with Crippen molar-refractivity contribution in [1.29, 1.82) is 0 Å². The van der Waals surface area contributed by atoms with E-state index in [2.05, 4.69) is 151 Å². The van der Waals surface area contributed by atoms with E-state index in [-0.39, 0.29) is 23.7 Å². The summed E-state index contributed by atoms with van der Waals surface area (Å²) in [5, 5.41) is 0. The number of hydrogen-bond acceptors (Lipinski definition) is 12. The molecule has 0 saturated heterocycles. The third-order valence-electron chi connectivity index (χ3n) is 18.7. The van der Waals surface area contributed by atoms with Gasteiger partial charge in [0.25, 0.3) is 0 Å². The molecule has 4 aromatic carbocycles. The van der Waals surface area contributed by atoms with E-state index in [9.17, 15) is 0 Å². The van der Waals surface area contributed by atoms with E-state index in [1.807, 2.05) is 0 Å². The highest BCUT2D eigenvalue weighted by atomic mass is 31.2. The Balaban J connectivity index is 1.36. The molecule has 5 aliphatic rings. The van der Waals surface area contributed by atoms with E-state index in [1.165, 1.54) is 199 Å². The first-order valence-corrected chi connectivity index (χ1v) is 39.4. The van der Waals surface area contributed by atoms with Crippen LogP contribution >= 0.6 is 34.1 Å². The summed E-state index contributed by atoms with van der Waals surface area (Å²) < 4.78 is 67.5. The summed E-state index contributed by atoms with van der Waals surface area (Å²) >= 11 is 0. The van der Waals surface area contributed by atoms with E-state index in [0.29, 0.717) is 0 Å². The van der Waals surface area contributed by atoms with Crippen LogP contribution in [0.2, 0.25) is 0 Å². The topological polar surface area (TPSA) is 86.8 Å². The van der Waals surface area contributed by atoms with Crippen LogP contribution in [0.15, 0.2) is 48.5 Å². The van der Waals surface area contributed by atoms with Crippen LogP contribution in [0.5, 0.6) is 46.0 Å². The summed E-state index contributed by atoms with van der Waals surface area (Å²) in [6, 6.07) is 19.2. The molecule has 0 aromatic heterocycles. The van der Waals surface area contributed by atoms with Gasteiger partial charge in [0.1, 0.15) is 46.0 Å². The van der Waals surface area contributed by atoms with Crippen molar-refractivity contribution in [2.45, 2.75) is 257 Å². The zero-order valence-electron chi connectivity index (χ0n) is 56.4. The summed E-state index contributed by atoms with van der Waals surface area (Å²) in [5.74, 6) is 6.45. The molecule has 1 aliphatic carbocycles. The summed E-state index contributed by atoms with van der Waals surface area (Å²) in [6.07, 6.45) is 38.2. The van der Waals surface area contributed by atoms with Gasteiger partial charge in [-0.1, -0.05) is 207 Å². The van der Waals surface area contributed by atoms with E-state index in [0.717, 1.165) is 97.4 Å². The fraction of sp³-hybridized carbons (Fsp3) is 0.667. The van der Waals surface area contributed by atoms with Gasteiger partial charge in [0.15, 0.2) is 0 Å². The lowest BCUT2D eigenvalue weighted by Gasteiger charge is -2.38. The minimum Gasteiger partial charge on any atom is -0.427 e. The third kappa shape index (κ3) is 17.7. The first-order valence-electron chi connectivity index (χ1n) is 34.9. The highest BCUT2D eigenvalue weighted by Crippen LogP contribution is 2.63. The second-order valence-electron chi connectivity index (χ2n) is 26.6. The van der Waals surface area contributed by atoms with Crippen LogP contribution in [0.3, 0.4) is 0 Å². The van der Waals surface area contributed by atoms with Crippen molar-refractivity contribution in [1.82, 2.24) is 18.7 Å². The monoisotopic (exact) mass is 1280 g/mol. The normalized spacial score (nSPS) is 21.3. The van der Waals surface area contributed by atoms with Gasteiger partial charge in [-0.05, 0) is 106 Å². The zero-order valence-corrected chi connectivity index (χ0v) is 60.0. The molecule has 4 aliphatic heterocycles. The predicted molar refractivity (Wildman–Crippen MR) is 371 cm³/mol. The van der Waals surface area contributed by atoms with Crippen molar-refractivity contribution >= 4 is 34.1 Å². The molecule has 4 aromatic rings. The van der Waals surface area contributed by atoms with Gasteiger partial charge in [0.2, 0.25) is 0 Å². The summed E-state index contributed by atoms with van der Waals surface area (Å²) in [5.41, 5.74) is 9.69. The maximum atomic E-state index is 7.39. The fourth-order valence-corrected chi connectivity index (χ4v) is 17.8. The molecule has 0 unspecified atom stereocenters. The van der Waals surface area contributed by atoms with Crippen LogP contribution in [-0.4, -0.2) is 75.1 Å². The Kier molecular flexibility index (Phi) is 27.3. The number of unbranched alkanes of at least 4 members (excludes halogenated alkanes) is 24. The molecule has 9 rings (SSSR count). The van der Waals surface area contributed by atoms with Crippen LogP contribution in [-0.2, 0) is 0 Å². The molecule has 0 spiro atoms. The Bertz CT molecular complexity index is 2330. The van der Waals surface area contributed by atoms with Crippen LogP contribution < -0.4 is 36.2 Å². The highest BCUT2D eigenvalue weighted by molar-refractivity contribution is 7.46. The lowest BCUT2D eigenvalue weighted by Crippen LogP contribution is -2.22. The maximum absolute atomic E-state index is 7.39. The molecule has 0 amide bonds. The van der Waals surface area contributed by atoms with E-state index in [4.69, 9.17) is 36.2 Å². The Hall–Kier alpha value is -3.16. The van der Waals surface area contributed by atoms with Gasteiger partial charge in [-0.15, -0.1) is 0 Å². The second kappa shape index (κ2) is 34.7. The summed E-state index contributed by atoms with van der Waals surface area (Å²) in [4.78, 5) is 0. The third-order valence-corrected chi connectivity index (χ3v) is 24.1. The van der Waals surface area contributed by atoms with Crippen molar-refractivity contribution in [3.63, 3.8) is 0 Å².